The van der Waals surface area contributed by atoms with Crippen molar-refractivity contribution in [1.82, 2.24) is 10.2 Å². The first-order chi connectivity index (χ1) is 17.2. The average Bonchev–Trinajstić information content (AvgIpc) is 2.86. The van der Waals surface area contributed by atoms with Crippen LogP contribution in [0, 0.1) is 10.1 Å². The summed E-state index contributed by atoms with van der Waals surface area (Å²) in [4.78, 5) is 38.3. The first-order valence-electron chi connectivity index (χ1n) is 11.7. The molecule has 2 amide bonds. The number of methoxy groups -OCH3 is 1. The topological polar surface area (TPSA) is 111 Å². The Labute approximate surface area is 219 Å². The van der Waals surface area contributed by atoms with E-state index in [9.17, 15) is 19.7 Å². The Bertz CT molecular complexity index is 1110. The number of nitrogens with one attached hydrogen (secondary N) is 1. The Morgan fingerprint density at radius 3 is 2.53 bits per heavy atom. The zero-order valence-electron chi connectivity index (χ0n) is 20.2. The summed E-state index contributed by atoms with van der Waals surface area (Å²) in [5.74, 6) is -0.480. The zero-order valence-corrected chi connectivity index (χ0v) is 21.7. The third kappa shape index (κ3) is 7.24. The van der Waals surface area contributed by atoms with E-state index in [1.54, 1.807) is 25.1 Å². The lowest BCUT2D eigenvalue weighted by Crippen LogP contribution is -2.51. The highest BCUT2D eigenvalue weighted by molar-refractivity contribution is 6.35. The number of amides is 2. The maximum atomic E-state index is 13.3. The number of halogens is 2. The highest BCUT2D eigenvalue weighted by Crippen LogP contribution is 2.31. The van der Waals surface area contributed by atoms with Crippen molar-refractivity contribution in [2.45, 2.75) is 57.7 Å². The van der Waals surface area contributed by atoms with Crippen LogP contribution in [0.5, 0.6) is 11.5 Å². The van der Waals surface area contributed by atoms with Crippen LogP contribution >= 0.6 is 23.2 Å². The Morgan fingerprint density at radius 2 is 1.89 bits per heavy atom. The van der Waals surface area contributed by atoms with E-state index >= 15 is 0 Å². The van der Waals surface area contributed by atoms with Crippen molar-refractivity contribution >= 4 is 40.7 Å². The molecule has 36 heavy (non-hydrogen) atoms. The van der Waals surface area contributed by atoms with E-state index in [1.165, 1.54) is 30.2 Å². The minimum absolute atomic E-state index is 0.00924. The number of nitrogens with zero attached hydrogens (tertiary/aromatic N) is 2. The molecule has 0 radical (unpaired) electrons. The van der Waals surface area contributed by atoms with E-state index in [2.05, 4.69) is 5.32 Å². The fourth-order valence-electron chi connectivity index (χ4n) is 4.11. The van der Waals surface area contributed by atoms with Crippen molar-refractivity contribution < 1.29 is 24.0 Å². The highest BCUT2D eigenvalue weighted by atomic mass is 35.5. The Hall–Kier alpha value is -3.04. The van der Waals surface area contributed by atoms with Crippen molar-refractivity contribution in [2.24, 2.45) is 0 Å². The van der Waals surface area contributed by atoms with Crippen LogP contribution in [0.1, 0.15) is 44.6 Å². The third-order valence-corrected chi connectivity index (χ3v) is 6.77. The Kier molecular flexibility index (Phi) is 9.78. The van der Waals surface area contributed by atoms with Crippen molar-refractivity contribution in [2.75, 3.05) is 13.7 Å². The van der Waals surface area contributed by atoms with Crippen molar-refractivity contribution in [1.29, 1.82) is 0 Å². The van der Waals surface area contributed by atoms with Crippen molar-refractivity contribution in [3.05, 3.63) is 62.1 Å². The first kappa shape index (κ1) is 27.5. The monoisotopic (exact) mass is 537 g/mol. The van der Waals surface area contributed by atoms with E-state index in [1.807, 2.05) is 0 Å². The molecule has 1 fully saturated rings. The molecule has 1 aliphatic carbocycles. The van der Waals surface area contributed by atoms with Gasteiger partial charge in [0.15, 0.2) is 6.61 Å². The first-order valence-corrected chi connectivity index (χ1v) is 12.4. The molecule has 0 saturated heterocycles. The molecule has 0 unspecified atom stereocenters. The van der Waals surface area contributed by atoms with Gasteiger partial charge in [-0.25, -0.2) is 0 Å². The molecular weight excluding hydrogens is 509 g/mol. The SMILES string of the molecule is COc1cc(OCC(=O)N(Cc2ccc(Cl)cc2Cl)[C@@H](C)C(=O)NC2CCCCC2)ccc1[N+](=O)[O-]. The van der Waals surface area contributed by atoms with Gasteiger partial charge in [-0.15, -0.1) is 0 Å². The van der Waals surface area contributed by atoms with Crippen LogP contribution in [-0.2, 0) is 16.1 Å². The number of hydrogen-bond acceptors (Lipinski definition) is 6. The minimum Gasteiger partial charge on any atom is -0.490 e. The van der Waals surface area contributed by atoms with Crippen LogP contribution in [-0.4, -0.2) is 47.4 Å². The Morgan fingerprint density at radius 1 is 1.17 bits per heavy atom. The number of benzene rings is 2. The fourth-order valence-corrected chi connectivity index (χ4v) is 4.58. The van der Waals surface area contributed by atoms with Crippen LogP contribution < -0.4 is 14.8 Å². The number of carbonyl (C=O) groups excluding carboxylic acids is 2. The molecule has 3 rings (SSSR count). The lowest BCUT2D eigenvalue weighted by molar-refractivity contribution is -0.385. The summed E-state index contributed by atoms with van der Waals surface area (Å²) in [6.07, 6.45) is 5.12. The maximum Gasteiger partial charge on any atom is 0.311 e. The largest absolute Gasteiger partial charge is 0.490 e. The summed E-state index contributed by atoms with van der Waals surface area (Å²) in [6.45, 7) is 1.34. The molecule has 9 nitrogen and oxygen atoms in total. The second-order valence-corrected chi connectivity index (χ2v) is 9.50. The number of rotatable bonds is 10. The molecule has 2 aromatic rings. The number of ether oxygens (including phenoxy) is 2. The lowest BCUT2D eigenvalue weighted by atomic mass is 9.95. The Balaban J connectivity index is 1.76. The molecule has 1 N–H and O–H groups in total. The molecule has 194 valence electrons. The molecule has 0 bridgehead atoms. The second kappa shape index (κ2) is 12.8. The van der Waals surface area contributed by atoms with Crippen LogP contribution in [0.15, 0.2) is 36.4 Å². The van der Waals surface area contributed by atoms with Gasteiger partial charge in [-0.05, 0) is 43.5 Å². The van der Waals surface area contributed by atoms with Crippen LogP contribution in [0.2, 0.25) is 10.0 Å². The van der Waals surface area contributed by atoms with Crippen molar-refractivity contribution in [3.63, 3.8) is 0 Å². The number of nitro benzene ring substituents is 1. The van der Waals surface area contributed by atoms with Gasteiger partial charge in [0.1, 0.15) is 11.8 Å². The highest BCUT2D eigenvalue weighted by Gasteiger charge is 2.29. The quantitative estimate of drug-likeness (QED) is 0.331. The van der Waals surface area contributed by atoms with Gasteiger partial charge in [0.2, 0.25) is 11.7 Å². The van der Waals surface area contributed by atoms with Gasteiger partial charge in [0.25, 0.3) is 5.91 Å². The fraction of sp³-hybridized carbons (Fsp3) is 0.440. The summed E-state index contributed by atoms with van der Waals surface area (Å²) < 4.78 is 10.7. The molecule has 0 aliphatic heterocycles. The summed E-state index contributed by atoms with van der Waals surface area (Å²) in [5.41, 5.74) is 0.409. The lowest BCUT2D eigenvalue weighted by Gasteiger charge is -2.31. The van der Waals surface area contributed by atoms with Gasteiger partial charge >= 0.3 is 5.69 Å². The molecule has 0 aromatic heterocycles. The number of hydrogen-bond donors (Lipinski definition) is 1. The number of nitro groups is 1. The average molecular weight is 538 g/mol. The second-order valence-electron chi connectivity index (χ2n) is 8.66. The predicted molar refractivity (Wildman–Crippen MR) is 137 cm³/mol. The third-order valence-electron chi connectivity index (χ3n) is 6.18. The molecule has 2 aromatic carbocycles. The van der Waals surface area contributed by atoms with Gasteiger partial charge in [0.05, 0.1) is 12.0 Å². The number of carbonyl (C=O) groups is 2. The van der Waals surface area contributed by atoms with E-state index in [-0.39, 0.29) is 35.7 Å². The maximum absolute atomic E-state index is 13.3. The van der Waals surface area contributed by atoms with Gasteiger partial charge in [0, 0.05) is 34.8 Å². The van der Waals surface area contributed by atoms with Crippen molar-refractivity contribution in [3.8, 4) is 11.5 Å². The summed E-state index contributed by atoms with van der Waals surface area (Å²) in [7, 11) is 1.31. The molecule has 1 atom stereocenters. The molecule has 0 spiro atoms. The van der Waals surface area contributed by atoms with Crippen LogP contribution in [0.4, 0.5) is 5.69 Å². The van der Waals surface area contributed by atoms with Gasteiger partial charge in [-0.3, -0.25) is 19.7 Å². The minimum atomic E-state index is -0.791. The van der Waals surface area contributed by atoms with Gasteiger partial charge in [-0.1, -0.05) is 48.5 Å². The van der Waals surface area contributed by atoms with E-state index < -0.39 is 23.5 Å². The summed E-state index contributed by atoms with van der Waals surface area (Å²) in [5, 5.41) is 15.0. The molecule has 0 heterocycles. The summed E-state index contributed by atoms with van der Waals surface area (Å²) in [6, 6.07) is 8.21. The molecular formula is C25H29Cl2N3O6. The van der Waals surface area contributed by atoms with E-state index in [0.717, 1.165) is 32.1 Å². The predicted octanol–water partition coefficient (Wildman–Crippen LogP) is 5.16. The van der Waals surface area contributed by atoms with Crippen LogP contribution in [0.3, 0.4) is 0 Å². The molecule has 11 heteroatoms. The molecule has 1 saturated carbocycles. The normalized spacial score (nSPS) is 14.6. The van der Waals surface area contributed by atoms with Gasteiger partial charge in [-0.2, -0.15) is 0 Å². The van der Waals surface area contributed by atoms with E-state index in [0.29, 0.717) is 15.6 Å². The summed E-state index contributed by atoms with van der Waals surface area (Å²) >= 11 is 12.4. The van der Waals surface area contributed by atoms with E-state index in [4.69, 9.17) is 32.7 Å². The smallest absolute Gasteiger partial charge is 0.311 e. The van der Waals surface area contributed by atoms with Crippen LogP contribution in [0.25, 0.3) is 0 Å². The standard InChI is InChI=1S/C25H29Cl2N3O6/c1-16(25(32)28-19-6-4-3-5-7-19)29(14-17-8-9-18(26)12-21(17)27)24(31)15-36-20-10-11-22(30(33)34)23(13-20)35-2/h8-13,16,19H,3-7,14-15H2,1-2H3,(H,28,32)/t16-/m0/s1. The van der Waals surface area contributed by atoms with Gasteiger partial charge < -0.3 is 19.7 Å². The zero-order chi connectivity index (χ0) is 26.2. The molecule has 1 aliphatic rings.